The molecule has 1 rings (SSSR count). The Kier molecular flexibility index (Phi) is 2.15. The zero-order valence-electron chi connectivity index (χ0n) is 5.38. The van der Waals surface area contributed by atoms with E-state index in [0.29, 0.717) is 0 Å². The fraction of sp³-hybridized carbons (Fsp3) is 0. The first-order chi connectivity index (χ1) is 5.24. The van der Waals surface area contributed by atoms with Gasteiger partial charge in [-0.05, 0) is 12.1 Å². The summed E-state index contributed by atoms with van der Waals surface area (Å²) in [6.45, 7) is 0.146. The second kappa shape index (κ2) is 3.09. The number of hydrogen-bond acceptors (Lipinski definition) is 2. The van der Waals surface area contributed by atoms with Crippen LogP contribution in [0.3, 0.4) is 0 Å². The molecule has 0 saturated carbocycles. The molecule has 0 aliphatic heterocycles. The second-order valence-corrected chi connectivity index (χ2v) is 1.79. The minimum atomic E-state index is -1.04. The van der Waals surface area contributed by atoms with Gasteiger partial charge in [-0.25, -0.2) is 8.78 Å². The molecular weight excluding hydrogens is 154 g/mol. The highest BCUT2D eigenvalue weighted by molar-refractivity contribution is 5.44. The molecule has 0 fully saturated rings. The van der Waals surface area contributed by atoms with E-state index in [2.05, 4.69) is 4.74 Å². The van der Waals surface area contributed by atoms with E-state index in [4.69, 9.17) is 0 Å². The zero-order chi connectivity index (χ0) is 8.27. The third kappa shape index (κ3) is 1.73. The van der Waals surface area contributed by atoms with Crippen molar-refractivity contribution in [2.45, 2.75) is 0 Å². The van der Waals surface area contributed by atoms with Crippen LogP contribution in [0.1, 0.15) is 0 Å². The summed E-state index contributed by atoms with van der Waals surface area (Å²) in [6.07, 6.45) is 0. The molecule has 0 heterocycles. The Morgan fingerprint density at radius 2 is 2.00 bits per heavy atom. The lowest BCUT2D eigenvalue weighted by Gasteiger charge is -1.96. The minimum absolute atomic E-state index is 0.0149. The Morgan fingerprint density at radius 1 is 1.27 bits per heavy atom. The summed E-state index contributed by atoms with van der Waals surface area (Å²) in [5.41, 5.74) is 0. The van der Waals surface area contributed by atoms with Crippen molar-refractivity contribution in [3.05, 3.63) is 29.8 Å². The van der Waals surface area contributed by atoms with Gasteiger partial charge in [0.25, 0.3) is 6.47 Å². The van der Waals surface area contributed by atoms with Crippen molar-refractivity contribution in [2.75, 3.05) is 0 Å². The first kappa shape index (κ1) is 7.65. The second-order valence-electron chi connectivity index (χ2n) is 1.79. The van der Waals surface area contributed by atoms with E-state index in [-0.39, 0.29) is 12.2 Å². The quantitative estimate of drug-likeness (QED) is 0.609. The molecular formula is C7H4F2O2. The molecule has 0 atom stereocenters. The van der Waals surface area contributed by atoms with E-state index in [0.717, 1.165) is 18.2 Å². The van der Waals surface area contributed by atoms with E-state index in [1.165, 1.54) is 0 Å². The van der Waals surface area contributed by atoms with Gasteiger partial charge in [0.05, 0.1) is 0 Å². The summed E-state index contributed by atoms with van der Waals surface area (Å²) in [4.78, 5) is 9.73. The van der Waals surface area contributed by atoms with Crippen LogP contribution in [0.25, 0.3) is 0 Å². The van der Waals surface area contributed by atoms with Crippen LogP contribution >= 0.6 is 0 Å². The van der Waals surface area contributed by atoms with Gasteiger partial charge < -0.3 is 4.74 Å². The molecule has 0 bridgehead atoms. The summed E-state index contributed by atoms with van der Waals surface area (Å²) < 4.78 is 28.8. The van der Waals surface area contributed by atoms with Crippen LogP contribution in [0.15, 0.2) is 18.2 Å². The molecule has 4 heteroatoms. The van der Waals surface area contributed by atoms with Gasteiger partial charge in [-0.3, -0.25) is 4.79 Å². The number of hydrogen-bond donors (Lipinski definition) is 0. The molecule has 0 spiro atoms. The number of ether oxygens (including phenoxy) is 1. The van der Waals surface area contributed by atoms with Crippen LogP contribution in [0.4, 0.5) is 8.78 Å². The lowest BCUT2D eigenvalue weighted by atomic mass is 10.3. The molecule has 11 heavy (non-hydrogen) atoms. The highest BCUT2D eigenvalue weighted by atomic mass is 19.2. The highest BCUT2D eigenvalue weighted by Crippen LogP contribution is 2.14. The Bertz CT molecular complexity index is 273. The molecule has 0 unspecified atom stereocenters. The molecule has 0 saturated heterocycles. The van der Waals surface area contributed by atoms with Gasteiger partial charge in [0.1, 0.15) is 5.75 Å². The summed E-state index contributed by atoms with van der Waals surface area (Å²) in [5, 5.41) is 0. The van der Waals surface area contributed by atoms with Crippen molar-refractivity contribution in [3.8, 4) is 5.75 Å². The maximum Gasteiger partial charge on any atom is 0.298 e. The topological polar surface area (TPSA) is 26.3 Å². The van der Waals surface area contributed by atoms with Gasteiger partial charge in [-0.2, -0.15) is 0 Å². The summed E-state index contributed by atoms with van der Waals surface area (Å²) in [6, 6.07) is 2.84. The first-order valence-electron chi connectivity index (χ1n) is 2.79. The summed E-state index contributed by atoms with van der Waals surface area (Å²) in [5.74, 6) is -2.02. The average Bonchev–Trinajstić information content (AvgIpc) is 1.98. The Balaban J connectivity index is 2.95. The van der Waals surface area contributed by atoms with E-state index in [9.17, 15) is 13.6 Å². The fourth-order valence-corrected chi connectivity index (χ4v) is 0.606. The van der Waals surface area contributed by atoms with Crippen LogP contribution in [0.5, 0.6) is 5.75 Å². The largest absolute Gasteiger partial charge is 0.429 e. The predicted octanol–water partition coefficient (Wildman–Crippen LogP) is 1.50. The maximum atomic E-state index is 12.3. The standard InChI is InChI=1S/C7H4F2O2/c8-6-2-1-5(11-4-10)3-7(6)9/h1-4H. The average molecular weight is 158 g/mol. The van der Waals surface area contributed by atoms with Crippen molar-refractivity contribution in [1.82, 2.24) is 0 Å². The van der Waals surface area contributed by atoms with Gasteiger partial charge in [-0.1, -0.05) is 0 Å². The van der Waals surface area contributed by atoms with Gasteiger partial charge in [0, 0.05) is 6.07 Å². The predicted molar refractivity (Wildman–Crippen MR) is 33.1 cm³/mol. The maximum absolute atomic E-state index is 12.3. The van der Waals surface area contributed by atoms with Crippen LogP contribution in [0, 0.1) is 11.6 Å². The molecule has 0 amide bonds. The van der Waals surface area contributed by atoms with Crippen molar-refractivity contribution in [1.29, 1.82) is 0 Å². The van der Waals surface area contributed by atoms with E-state index in [1.807, 2.05) is 0 Å². The lowest BCUT2D eigenvalue weighted by Crippen LogP contribution is -1.90. The van der Waals surface area contributed by atoms with Crippen molar-refractivity contribution in [3.63, 3.8) is 0 Å². The highest BCUT2D eigenvalue weighted by Gasteiger charge is 2.01. The van der Waals surface area contributed by atoms with Crippen LogP contribution < -0.4 is 4.74 Å². The van der Waals surface area contributed by atoms with E-state index >= 15 is 0 Å². The van der Waals surface area contributed by atoms with Crippen molar-refractivity contribution < 1.29 is 18.3 Å². The number of rotatable bonds is 2. The molecule has 1 aromatic rings. The van der Waals surface area contributed by atoms with Gasteiger partial charge in [-0.15, -0.1) is 0 Å². The van der Waals surface area contributed by atoms with Crippen molar-refractivity contribution in [2.24, 2.45) is 0 Å². The Labute approximate surface area is 61.4 Å². The van der Waals surface area contributed by atoms with Crippen molar-refractivity contribution >= 4 is 6.47 Å². The lowest BCUT2D eigenvalue weighted by molar-refractivity contribution is -0.120. The number of carbonyl (C=O) groups excluding carboxylic acids is 1. The molecule has 2 nitrogen and oxygen atoms in total. The SMILES string of the molecule is O=COc1ccc(F)c(F)c1. The summed E-state index contributed by atoms with van der Waals surface area (Å²) >= 11 is 0. The Hall–Kier alpha value is -1.45. The number of halogens is 2. The van der Waals surface area contributed by atoms with E-state index < -0.39 is 11.6 Å². The van der Waals surface area contributed by atoms with Gasteiger partial charge in [0.2, 0.25) is 0 Å². The zero-order valence-corrected chi connectivity index (χ0v) is 5.38. The monoisotopic (exact) mass is 158 g/mol. The number of carbonyl (C=O) groups is 1. The van der Waals surface area contributed by atoms with Gasteiger partial charge >= 0.3 is 0 Å². The van der Waals surface area contributed by atoms with Crippen LogP contribution in [-0.2, 0) is 4.79 Å². The third-order valence-electron chi connectivity index (χ3n) is 1.08. The third-order valence-corrected chi connectivity index (χ3v) is 1.08. The smallest absolute Gasteiger partial charge is 0.298 e. The van der Waals surface area contributed by atoms with Crippen LogP contribution in [-0.4, -0.2) is 6.47 Å². The molecule has 0 aromatic heterocycles. The number of benzene rings is 1. The molecule has 0 radical (unpaired) electrons. The Morgan fingerprint density at radius 3 is 2.55 bits per heavy atom. The summed E-state index contributed by atoms with van der Waals surface area (Å²) in [7, 11) is 0. The molecule has 0 aliphatic carbocycles. The van der Waals surface area contributed by atoms with Crippen LogP contribution in [0.2, 0.25) is 0 Å². The molecule has 1 aromatic carbocycles. The molecule has 0 N–H and O–H groups in total. The molecule has 0 aliphatic rings. The molecule has 58 valence electrons. The van der Waals surface area contributed by atoms with Gasteiger partial charge in [0.15, 0.2) is 11.6 Å². The first-order valence-corrected chi connectivity index (χ1v) is 2.79. The fourth-order valence-electron chi connectivity index (χ4n) is 0.606. The normalized spacial score (nSPS) is 9.27. The van der Waals surface area contributed by atoms with E-state index in [1.54, 1.807) is 0 Å². The minimum Gasteiger partial charge on any atom is -0.429 e.